The highest BCUT2D eigenvalue weighted by molar-refractivity contribution is 5.94. The summed E-state index contributed by atoms with van der Waals surface area (Å²) in [5.74, 6) is 0.828. The molecule has 0 radical (unpaired) electrons. The zero-order chi connectivity index (χ0) is 16.8. The molecule has 0 saturated carbocycles. The number of carbonyl (C=O) groups excluding carboxylic acids is 2. The lowest BCUT2D eigenvalue weighted by Gasteiger charge is -2.36. The summed E-state index contributed by atoms with van der Waals surface area (Å²) in [7, 11) is 0. The Bertz CT molecular complexity index is 561. The first kappa shape index (κ1) is 19.7. The Morgan fingerprint density at radius 3 is 2.56 bits per heavy atom. The molecule has 5 nitrogen and oxygen atoms in total. The van der Waals surface area contributed by atoms with Crippen LogP contribution in [0.1, 0.15) is 36.0 Å². The van der Waals surface area contributed by atoms with Gasteiger partial charge in [-0.05, 0) is 56.8 Å². The molecule has 0 bridgehead atoms. The van der Waals surface area contributed by atoms with Crippen molar-refractivity contribution >= 4 is 24.2 Å². The molecule has 2 aliphatic rings. The molecule has 3 rings (SSSR count). The van der Waals surface area contributed by atoms with E-state index >= 15 is 0 Å². The molecule has 2 heterocycles. The number of likely N-dealkylation sites (tertiary alicyclic amines) is 1. The number of nitrogens with one attached hydrogen (secondary N) is 2. The minimum Gasteiger partial charge on any atom is -0.352 e. The summed E-state index contributed by atoms with van der Waals surface area (Å²) in [5.41, 5.74) is 0.691. The van der Waals surface area contributed by atoms with Crippen molar-refractivity contribution in [3.8, 4) is 0 Å². The van der Waals surface area contributed by atoms with Gasteiger partial charge < -0.3 is 15.5 Å². The van der Waals surface area contributed by atoms with Gasteiger partial charge in [0.1, 0.15) is 0 Å². The second-order valence-corrected chi connectivity index (χ2v) is 6.89. The van der Waals surface area contributed by atoms with E-state index in [-0.39, 0.29) is 24.2 Å². The Morgan fingerprint density at radius 2 is 1.84 bits per heavy atom. The molecule has 2 saturated heterocycles. The molecular weight excluding hydrogens is 338 g/mol. The van der Waals surface area contributed by atoms with Crippen molar-refractivity contribution in [2.24, 2.45) is 11.8 Å². The Hall–Kier alpha value is -1.59. The van der Waals surface area contributed by atoms with Crippen molar-refractivity contribution in [1.29, 1.82) is 0 Å². The van der Waals surface area contributed by atoms with Gasteiger partial charge in [-0.15, -0.1) is 12.4 Å². The normalized spacial score (nSPS) is 21.3. The van der Waals surface area contributed by atoms with E-state index < -0.39 is 0 Å². The summed E-state index contributed by atoms with van der Waals surface area (Å²) < 4.78 is 0. The third kappa shape index (κ3) is 5.44. The van der Waals surface area contributed by atoms with Crippen molar-refractivity contribution in [2.45, 2.75) is 25.7 Å². The maximum atomic E-state index is 12.7. The zero-order valence-electron chi connectivity index (χ0n) is 14.6. The monoisotopic (exact) mass is 365 g/mol. The molecule has 1 atom stereocenters. The van der Waals surface area contributed by atoms with Crippen LogP contribution in [0, 0.1) is 11.8 Å². The van der Waals surface area contributed by atoms with Crippen molar-refractivity contribution in [1.82, 2.24) is 15.5 Å². The number of carbonyl (C=O) groups is 2. The van der Waals surface area contributed by atoms with Gasteiger partial charge >= 0.3 is 0 Å². The fraction of sp³-hybridized carbons (Fsp3) is 0.579. The minimum atomic E-state index is -0.0302. The molecule has 0 aromatic heterocycles. The third-order valence-electron chi connectivity index (χ3n) is 5.11. The van der Waals surface area contributed by atoms with Gasteiger partial charge in [-0.2, -0.15) is 0 Å². The number of amides is 2. The van der Waals surface area contributed by atoms with E-state index in [9.17, 15) is 9.59 Å². The molecule has 1 aromatic rings. The second-order valence-electron chi connectivity index (χ2n) is 6.89. The van der Waals surface area contributed by atoms with Gasteiger partial charge in [-0.25, -0.2) is 0 Å². The lowest BCUT2D eigenvalue weighted by molar-refractivity contribution is -0.138. The van der Waals surface area contributed by atoms with Gasteiger partial charge in [0, 0.05) is 31.1 Å². The highest BCUT2D eigenvalue weighted by atomic mass is 35.5. The van der Waals surface area contributed by atoms with Crippen LogP contribution in [0.5, 0.6) is 0 Å². The van der Waals surface area contributed by atoms with Crippen LogP contribution in [0.15, 0.2) is 30.3 Å². The maximum absolute atomic E-state index is 12.7. The van der Waals surface area contributed by atoms with Gasteiger partial charge in [-0.3, -0.25) is 9.59 Å². The van der Waals surface area contributed by atoms with E-state index in [1.807, 2.05) is 35.2 Å². The lowest BCUT2D eigenvalue weighted by Crippen LogP contribution is -2.47. The van der Waals surface area contributed by atoms with Crippen LogP contribution < -0.4 is 10.6 Å². The predicted molar refractivity (Wildman–Crippen MR) is 101 cm³/mol. The molecule has 1 unspecified atom stereocenters. The quantitative estimate of drug-likeness (QED) is 0.858. The molecule has 0 spiro atoms. The molecule has 1 aromatic carbocycles. The Balaban J connectivity index is 0.00000225. The molecule has 0 aliphatic carbocycles. The van der Waals surface area contributed by atoms with Crippen LogP contribution in [0.4, 0.5) is 0 Å². The SMILES string of the molecule is Cl.O=C(NCC1CCCN(C(=O)C2CCNCC2)C1)c1ccccc1. The third-order valence-corrected chi connectivity index (χ3v) is 5.11. The van der Waals surface area contributed by atoms with Crippen molar-refractivity contribution in [3.63, 3.8) is 0 Å². The predicted octanol–water partition coefficient (Wildman–Crippen LogP) is 2.08. The average Bonchev–Trinajstić information content (AvgIpc) is 2.67. The molecular formula is C19H28ClN3O2. The van der Waals surface area contributed by atoms with Gasteiger partial charge in [0.2, 0.25) is 5.91 Å². The summed E-state index contributed by atoms with van der Waals surface area (Å²) in [6.45, 7) is 4.18. The summed E-state index contributed by atoms with van der Waals surface area (Å²) in [6.07, 6.45) is 4.00. The second kappa shape index (κ2) is 9.78. The lowest BCUT2D eigenvalue weighted by atomic mass is 9.93. The zero-order valence-corrected chi connectivity index (χ0v) is 15.4. The number of hydrogen-bond acceptors (Lipinski definition) is 3. The van der Waals surface area contributed by atoms with E-state index in [4.69, 9.17) is 0 Å². The van der Waals surface area contributed by atoms with E-state index in [0.717, 1.165) is 51.9 Å². The largest absolute Gasteiger partial charge is 0.352 e. The molecule has 2 N–H and O–H groups in total. The number of halogens is 1. The highest BCUT2D eigenvalue weighted by Crippen LogP contribution is 2.21. The Morgan fingerprint density at radius 1 is 1.12 bits per heavy atom. The summed E-state index contributed by atoms with van der Waals surface area (Å²) in [6, 6.07) is 9.29. The topological polar surface area (TPSA) is 61.4 Å². The minimum absolute atomic E-state index is 0. The van der Waals surface area contributed by atoms with Gasteiger partial charge in [0.15, 0.2) is 0 Å². The highest BCUT2D eigenvalue weighted by Gasteiger charge is 2.29. The first-order valence-electron chi connectivity index (χ1n) is 9.07. The number of piperidine rings is 2. The number of nitrogens with zero attached hydrogens (tertiary/aromatic N) is 1. The smallest absolute Gasteiger partial charge is 0.251 e. The summed E-state index contributed by atoms with van der Waals surface area (Å²) in [4.78, 5) is 26.8. The summed E-state index contributed by atoms with van der Waals surface area (Å²) >= 11 is 0. The van der Waals surface area contributed by atoms with Crippen molar-refractivity contribution in [2.75, 3.05) is 32.7 Å². The van der Waals surface area contributed by atoms with Crippen LogP contribution in [0.3, 0.4) is 0 Å². The molecule has 6 heteroatoms. The van der Waals surface area contributed by atoms with Crippen LogP contribution >= 0.6 is 12.4 Å². The first-order valence-corrected chi connectivity index (χ1v) is 9.07. The standard InChI is InChI=1S/C19H27N3O2.ClH/c23-18(16-6-2-1-3-7-16)21-13-15-5-4-12-22(14-15)19(24)17-8-10-20-11-9-17;/h1-3,6-7,15,17,20H,4-5,8-14H2,(H,21,23);1H. The molecule has 25 heavy (non-hydrogen) atoms. The Labute approximate surface area is 155 Å². The molecule has 2 fully saturated rings. The fourth-order valence-electron chi connectivity index (χ4n) is 3.69. The van der Waals surface area contributed by atoms with Crippen LogP contribution in [-0.2, 0) is 4.79 Å². The average molecular weight is 366 g/mol. The maximum Gasteiger partial charge on any atom is 0.251 e. The van der Waals surface area contributed by atoms with Crippen LogP contribution in [0.25, 0.3) is 0 Å². The van der Waals surface area contributed by atoms with E-state index in [1.165, 1.54) is 0 Å². The van der Waals surface area contributed by atoms with E-state index in [0.29, 0.717) is 23.9 Å². The fourth-order valence-corrected chi connectivity index (χ4v) is 3.69. The molecule has 138 valence electrons. The number of rotatable bonds is 4. The van der Waals surface area contributed by atoms with Crippen LogP contribution in [0.2, 0.25) is 0 Å². The number of hydrogen-bond donors (Lipinski definition) is 2. The Kier molecular flexibility index (Phi) is 7.72. The number of benzene rings is 1. The van der Waals surface area contributed by atoms with Crippen molar-refractivity contribution in [3.05, 3.63) is 35.9 Å². The van der Waals surface area contributed by atoms with E-state index in [2.05, 4.69) is 10.6 Å². The first-order chi connectivity index (χ1) is 11.7. The molecule has 2 aliphatic heterocycles. The van der Waals surface area contributed by atoms with E-state index in [1.54, 1.807) is 0 Å². The van der Waals surface area contributed by atoms with Crippen LogP contribution in [-0.4, -0.2) is 49.4 Å². The summed E-state index contributed by atoms with van der Waals surface area (Å²) in [5, 5.41) is 6.33. The van der Waals surface area contributed by atoms with Gasteiger partial charge in [-0.1, -0.05) is 18.2 Å². The van der Waals surface area contributed by atoms with Gasteiger partial charge in [0.25, 0.3) is 5.91 Å². The molecule has 2 amide bonds. The van der Waals surface area contributed by atoms with Crippen molar-refractivity contribution < 1.29 is 9.59 Å². The van der Waals surface area contributed by atoms with Gasteiger partial charge in [0.05, 0.1) is 0 Å².